The molecule has 1 aliphatic rings. The minimum atomic E-state index is -1.37. The Kier molecular flexibility index (Phi) is 3.77. The Bertz CT molecular complexity index is 953. The molecule has 0 amide bonds. The summed E-state index contributed by atoms with van der Waals surface area (Å²) in [5.41, 5.74) is 0.997. The number of aromatic nitrogens is 2. The van der Waals surface area contributed by atoms with Crippen LogP contribution < -0.4 is 0 Å². The lowest BCUT2D eigenvalue weighted by atomic mass is 10.0. The van der Waals surface area contributed by atoms with Crippen LogP contribution in [-0.2, 0) is 9.53 Å². The minimum Gasteiger partial charge on any atom is -0.465 e. The molecule has 1 atom stereocenters. The summed E-state index contributed by atoms with van der Waals surface area (Å²) >= 11 is 0. The molecule has 0 bridgehead atoms. The van der Waals surface area contributed by atoms with Gasteiger partial charge in [0.05, 0.1) is 12.7 Å². The lowest BCUT2D eigenvalue weighted by Gasteiger charge is -2.10. The molecule has 7 heteroatoms. The first-order chi connectivity index (χ1) is 11.6. The Morgan fingerprint density at radius 2 is 1.92 bits per heavy atom. The van der Waals surface area contributed by atoms with Gasteiger partial charge in [-0.1, -0.05) is 24.3 Å². The summed E-state index contributed by atoms with van der Waals surface area (Å²) < 4.78 is 4.85. The second-order valence-electron chi connectivity index (χ2n) is 4.96. The molecule has 0 N–H and O–H groups in total. The van der Waals surface area contributed by atoms with Crippen LogP contribution in [-0.4, -0.2) is 28.3 Å². The maximum Gasteiger partial charge on any atom is 0.329 e. The first kappa shape index (κ1) is 15.3. The van der Waals surface area contributed by atoms with Crippen molar-refractivity contribution in [3.8, 4) is 23.4 Å². The maximum atomic E-state index is 12.4. The summed E-state index contributed by atoms with van der Waals surface area (Å²) in [6, 6.07) is 10.4. The normalized spacial score (nSPS) is 12.5. The van der Waals surface area contributed by atoms with E-state index in [0.717, 1.165) is 0 Å². The zero-order chi connectivity index (χ0) is 17.3. The van der Waals surface area contributed by atoms with Gasteiger partial charge in [0.25, 0.3) is 0 Å². The summed E-state index contributed by atoms with van der Waals surface area (Å²) in [5.74, 6) is -2.51. The Morgan fingerprint density at radius 3 is 2.54 bits per heavy atom. The second kappa shape index (κ2) is 5.90. The number of nitriles is 2. The van der Waals surface area contributed by atoms with Gasteiger partial charge < -0.3 is 4.74 Å². The van der Waals surface area contributed by atoms with E-state index in [1.165, 1.54) is 0 Å². The standard InChI is InChI=1S/C17H10N4O3/c1-2-24-17(23)11(7-18)13-12(8-19)20-15-14(21-13)9-5-3-4-6-10(9)16(15)22/h3-6,11H,2H2,1H3. The predicted octanol–water partition coefficient (Wildman–Crippen LogP) is 1.73. The smallest absolute Gasteiger partial charge is 0.329 e. The average molecular weight is 318 g/mol. The molecular weight excluding hydrogens is 308 g/mol. The van der Waals surface area contributed by atoms with E-state index in [0.29, 0.717) is 11.1 Å². The van der Waals surface area contributed by atoms with Crippen LogP contribution in [0.15, 0.2) is 24.3 Å². The summed E-state index contributed by atoms with van der Waals surface area (Å²) in [5, 5.41) is 18.6. The third-order valence-electron chi connectivity index (χ3n) is 3.60. The molecule has 116 valence electrons. The minimum absolute atomic E-state index is 0.0528. The van der Waals surface area contributed by atoms with Crippen LogP contribution in [0, 0.1) is 22.7 Å². The fourth-order valence-corrected chi connectivity index (χ4v) is 2.54. The van der Waals surface area contributed by atoms with Crippen molar-refractivity contribution in [1.29, 1.82) is 10.5 Å². The van der Waals surface area contributed by atoms with E-state index in [-0.39, 0.29) is 35.2 Å². The van der Waals surface area contributed by atoms with Gasteiger partial charge in [0.1, 0.15) is 23.2 Å². The maximum absolute atomic E-state index is 12.4. The van der Waals surface area contributed by atoms with E-state index in [9.17, 15) is 20.1 Å². The topological polar surface area (TPSA) is 117 Å². The van der Waals surface area contributed by atoms with Crippen molar-refractivity contribution in [3.63, 3.8) is 0 Å². The molecular formula is C17H10N4O3. The van der Waals surface area contributed by atoms with E-state index < -0.39 is 11.9 Å². The van der Waals surface area contributed by atoms with Crippen LogP contribution in [0.25, 0.3) is 11.3 Å². The monoisotopic (exact) mass is 318 g/mol. The zero-order valence-electron chi connectivity index (χ0n) is 12.6. The van der Waals surface area contributed by atoms with Crippen molar-refractivity contribution < 1.29 is 14.3 Å². The number of esters is 1. The van der Waals surface area contributed by atoms with Gasteiger partial charge in [0.2, 0.25) is 5.78 Å². The molecule has 0 saturated carbocycles. The Hall–Kier alpha value is -3.58. The molecule has 3 rings (SSSR count). The van der Waals surface area contributed by atoms with Crippen molar-refractivity contribution in [2.75, 3.05) is 6.61 Å². The lowest BCUT2D eigenvalue weighted by Crippen LogP contribution is -2.18. The molecule has 24 heavy (non-hydrogen) atoms. The molecule has 2 aromatic rings. The molecule has 0 fully saturated rings. The van der Waals surface area contributed by atoms with Gasteiger partial charge in [0, 0.05) is 11.1 Å². The Morgan fingerprint density at radius 1 is 1.21 bits per heavy atom. The van der Waals surface area contributed by atoms with Crippen LogP contribution in [0.4, 0.5) is 0 Å². The van der Waals surface area contributed by atoms with Gasteiger partial charge in [-0.25, -0.2) is 9.97 Å². The van der Waals surface area contributed by atoms with Crippen molar-refractivity contribution in [3.05, 3.63) is 46.9 Å². The number of fused-ring (bicyclic) bond motifs is 3. The fraction of sp³-hybridized carbons (Fsp3) is 0.176. The molecule has 0 spiro atoms. The molecule has 1 aromatic heterocycles. The van der Waals surface area contributed by atoms with Gasteiger partial charge in [-0.05, 0) is 6.92 Å². The third kappa shape index (κ3) is 2.20. The number of ether oxygens (including phenoxy) is 1. The van der Waals surface area contributed by atoms with Gasteiger partial charge in [-0.15, -0.1) is 0 Å². The first-order valence-corrected chi connectivity index (χ1v) is 7.14. The van der Waals surface area contributed by atoms with Crippen molar-refractivity contribution in [1.82, 2.24) is 9.97 Å². The van der Waals surface area contributed by atoms with Crippen LogP contribution in [0.1, 0.15) is 40.3 Å². The molecule has 1 aliphatic carbocycles. The molecule has 0 saturated heterocycles. The summed E-state index contributed by atoms with van der Waals surface area (Å²) in [4.78, 5) is 32.6. The predicted molar refractivity (Wildman–Crippen MR) is 80.6 cm³/mol. The van der Waals surface area contributed by atoms with Gasteiger partial charge in [-0.2, -0.15) is 10.5 Å². The number of benzene rings is 1. The number of ketones is 1. The number of nitrogens with zero attached hydrogens (tertiary/aromatic N) is 4. The van der Waals surface area contributed by atoms with Crippen molar-refractivity contribution >= 4 is 11.8 Å². The zero-order valence-corrected chi connectivity index (χ0v) is 12.6. The number of carbonyl (C=O) groups excluding carboxylic acids is 2. The van der Waals surface area contributed by atoms with Crippen LogP contribution >= 0.6 is 0 Å². The number of carbonyl (C=O) groups is 2. The molecule has 0 radical (unpaired) electrons. The largest absolute Gasteiger partial charge is 0.465 e. The highest BCUT2D eigenvalue weighted by Gasteiger charge is 2.34. The molecule has 7 nitrogen and oxygen atoms in total. The fourth-order valence-electron chi connectivity index (χ4n) is 2.54. The van der Waals surface area contributed by atoms with Crippen LogP contribution in [0.3, 0.4) is 0 Å². The summed E-state index contributed by atoms with van der Waals surface area (Å²) in [6.07, 6.45) is 0. The van der Waals surface area contributed by atoms with Gasteiger partial charge in [-0.3, -0.25) is 9.59 Å². The highest BCUT2D eigenvalue weighted by molar-refractivity contribution is 6.19. The summed E-state index contributed by atoms with van der Waals surface area (Å²) in [6.45, 7) is 1.71. The average Bonchev–Trinajstić information content (AvgIpc) is 2.88. The van der Waals surface area contributed by atoms with Crippen molar-refractivity contribution in [2.45, 2.75) is 12.8 Å². The second-order valence-corrected chi connectivity index (χ2v) is 4.96. The summed E-state index contributed by atoms with van der Waals surface area (Å²) in [7, 11) is 0. The molecule has 1 aromatic carbocycles. The quantitative estimate of drug-likeness (QED) is 0.675. The van der Waals surface area contributed by atoms with Crippen LogP contribution in [0.5, 0.6) is 0 Å². The molecule has 1 unspecified atom stereocenters. The highest BCUT2D eigenvalue weighted by atomic mass is 16.5. The first-order valence-electron chi connectivity index (χ1n) is 7.14. The molecule has 0 aliphatic heterocycles. The van der Waals surface area contributed by atoms with E-state index in [2.05, 4.69) is 9.97 Å². The Labute approximate surface area is 137 Å². The SMILES string of the molecule is CCOC(=O)C(C#N)c1nc2c(nc1C#N)C(=O)c1ccccc1-2. The van der Waals surface area contributed by atoms with E-state index in [1.54, 1.807) is 43.3 Å². The number of hydrogen-bond donors (Lipinski definition) is 0. The highest BCUT2D eigenvalue weighted by Crippen LogP contribution is 2.35. The van der Waals surface area contributed by atoms with E-state index in [1.807, 2.05) is 0 Å². The lowest BCUT2D eigenvalue weighted by molar-refractivity contribution is -0.143. The third-order valence-corrected chi connectivity index (χ3v) is 3.60. The Balaban J connectivity index is 2.22. The van der Waals surface area contributed by atoms with Gasteiger partial charge >= 0.3 is 5.97 Å². The number of hydrogen-bond acceptors (Lipinski definition) is 7. The van der Waals surface area contributed by atoms with E-state index >= 15 is 0 Å². The van der Waals surface area contributed by atoms with Gasteiger partial charge in [0.15, 0.2) is 11.6 Å². The molecule has 1 heterocycles. The number of rotatable bonds is 3. The van der Waals surface area contributed by atoms with Crippen LogP contribution in [0.2, 0.25) is 0 Å². The van der Waals surface area contributed by atoms with E-state index in [4.69, 9.17) is 4.74 Å². The van der Waals surface area contributed by atoms with Crippen molar-refractivity contribution in [2.24, 2.45) is 0 Å².